The van der Waals surface area contributed by atoms with Gasteiger partial charge in [0.05, 0.1) is 5.25 Å². The Labute approximate surface area is 89.6 Å². The molecule has 0 rings (SSSR count). The number of hydrazine groups is 1. The Morgan fingerprint density at radius 3 is 2.43 bits per heavy atom. The van der Waals surface area contributed by atoms with Crippen LogP contribution >= 0.6 is 11.8 Å². The van der Waals surface area contributed by atoms with E-state index in [1.165, 1.54) is 0 Å². The summed E-state index contributed by atoms with van der Waals surface area (Å²) in [5.74, 6) is 6.17. The maximum Gasteiger partial charge on any atom is 0.247 e. The summed E-state index contributed by atoms with van der Waals surface area (Å²) in [4.78, 5) is 11.3. The van der Waals surface area contributed by atoms with Gasteiger partial charge in [-0.2, -0.15) is 0 Å². The van der Waals surface area contributed by atoms with Crippen LogP contribution in [0.25, 0.3) is 0 Å². The standard InChI is InChI=1S/C9H20N2O2S/c1-6(2)8(9(13)11-10)14-5-7(3)4-12/h6-8,12H,4-5,10H2,1-3H3,(H,11,13). The van der Waals surface area contributed by atoms with Crippen molar-refractivity contribution in [2.24, 2.45) is 17.7 Å². The summed E-state index contributed by atoms with van der Waals surface area (Å²) in [6.07, 6.45) is 0. The summed E-state index contributed by atoms with van der Waals surface area (Å²) < 4.78 is 0. The first-order chi connectivity index (χ1) is 6.52. The number of nitrogens with two attached hydrogens (primary N) is 1. The van der Waals surface area contributed by atoms with E-state index in [2.05, 4.69) is 5.43 Å². The van der Waals surface area contributed by atoms with Crippen molar-refractivity contribution in [2.45, 2.75) is 26.0 Å². The van der Waals surface area contributed by atoms with E-state index in [-0.39, 0.29) is 29.6 Å². The van der Waals surface area contributed by atoms with E-state index >= 15 is 0 Å². The summed E-state index contributed by atoms with van der Waals surface area (Å²) in [5.41, 5.74) is 2.17. The smallest absolute Gasteiger partial charge is 0.247 e. The van der Waals surface area contributed by atoms with Crippen molar-refractivity contribution >= 4 is 17.7 Å². The van der Waals surface area contributed by atoms with E-state index in [1.54, 1.807) is 11.8 Å². The van der Waals surface area contributed by atoms with Gasteiger partial charge in [-0.15, -0.1) is 11.8 Å². The lowest BCUT2D eigenvalue weighted by molar-refractivity contribution is -0.121. The van der Waals surface area contributed by atoms with Crippen molar-refractivity contribution in [1.82, 2.24) is 5.43 Å². The molecule has 0 fully saturated rings. The minimum absolute atomic E-state index is 0.131. The van der Waals surface area contributed by atoms with Gasteiger partial charge in [0, 0.05) is 6.61 Å². The number of hydrogen-bond acceptors (Lipinski definition) is 4. The fourth-order valence-electron chi connectivity index (χ4n) is 0.974. The number of aliphatic hydroxyl groups excluding tert-OH is 1. The van der Waals surface area contributed by atoms with Crippen LogP contribution in [0, 0.1) is 11.8 Å². The predicted octanol–water partition coefficient (Wildman–Crippen LogP) is 0.362. The van der Waals surface area contributed by atoms with Crippen LogP contribution in [0.4, 0.5) is 0 Å². The molecule has 14 heavy (non-hydrogen) atoms. The first-order valence-corrected chi connectivity index (χ1v) is 5.80. The third kappa shape index (κ3) is 4.83. The van der Waals surface area contributed by atoms with Crippen LogP contribution < -0.4 is 11.3 Å². The minimum atomic E-state index is -0.143. The van der Waals surface area contributed by atoms with Gasteiger partial charge in [-0.1, -0.05) is 20.8 Å². The lowest BCUT2D eigenvalue weighted by atomic mass is 10.1. The first-order valence-electron chi connectivity index (χ1n) is 4.75. The van der Waals surface area contributed by atoms with Crippen molar-refractivity contribution in [1.29, 1.82) is 0 Å². The summed E-state index contributed by atoms with van der Waals surface area (Å²) in [7, 11) is 0. The molecule has 0 bridgehead atoms. The largest absolute Gasteiger partial charge is 0.396 e. The van der Waals surface area contributed by atoms with Crippen LogP contribution in [0.15, 0.2) is 0 Å². The zero-order valence-electron chi connectivity index (χ0n) is 8.99. The van der Waals surface area contributed by atoms with E-state index in [9.17, 15) is 4.79 Å². The van der Waals surface area contributed by atoms with Crippen LogP contribution in [0.3, 0.4) is 0 Å². The Kier molecular flexibility index (Phi) is 6.96. The molecule has 4 nitrogen and oxygen atoms in total. The molecule has 84 valence electrons. The average molecular weight is 220 g/mol. The molecule has 0 spiro atoms. The van der Waals surface area contributed by atoms with Gasteiger partial charge >= 0.3 is 0 Å². The summed E-state index contributed by atoms with van der Waals surface area (Å²) in [5, 5.41) is 8.71. The highest BCUT2D eigenvalue weighted by Crippen LogP contribution is 2.21. The molecule has 5 heteroatoms. The number of amides is 1. The molecule has 0 aromatic carbocycles. The second kappa shape index (κ2) is 7.09. The quantitative estimate of drug-likeness (QED) is 0.343. The van der Waals surface area contributed by atoms with Gasteiger partial charge in [0.2, 0.25) is 5.91 Å². The van der Waals surface area contributed by atoms with Gasteiger partial charge in [-0.05, 0) is 17.6 Å². The highest BCUT2D eigenvalue weighted by Gasteiger charge is 2.22. The van der Waals surface area contributed by atoms with Crippen LogP contribution in [0.5, 0.6) is 0 Å². The fourth-order valence-corrected chi connectivity index (χ4v) is 2.22. The molecular weight excluding hydrogens is 200 g/mol. The molecule has 0 aliphatic carbocycles. The van der Waals surface area contributed by atoms with Gasteiger partial charge < -0.3 is 5.11 Å². The van der Waals surface area contributed by atoms with E-state index in [0.717, 1.165) is 5.75 Å². The van der Waals surface area contributed by atoms with Crippen LogP contribution in [-0.2, 0) is 4.79 Å². The molecule has 0 aliphatic heterocycles. The van der Waals surface area contributed by atoms with Crippen molar-refractivity contribution in [3.8, 4) is 0 Å². The Hall–Kier alpha value is -0.260. The molecule has 0 aliphatic rings. The zero-order valence-corrected chi connectivity index (χ0v) is 9.80. The predicted molar refractivity (Wildman–Crippen MR) is 59.7 cm³/mol. The number of carbonyl (C=O) groups is 1. The van der Waals surface area contributed by atoms with E-state index in [0.29, 0.717) is 0 Å². The van der Waals surface area contributed by atoms with Crippen LogP contribution in [-0.4, -0.2) is 28.6 Å². The maximum absolute atomic E-state index is 11.3. The second-order valence-electron chi connectivity index (χ2n) is 3.79. The fraction of sp³-hybridized carbons (Fsp3) is 0.889. The molecule has 1 amide bonds. The van der Waals surface area contributed by atoms with Crippen LogP contribution in [0.2, 0.25) is 0 Å². The Morgan fingerprint density at radius 2 is 2.07 bits per heavy atom. The average Bonchev–Trinajstić information content (AvgIpc) is 2.16. The van der Waals surface area contributed by atoms with Gasteiger partial charge in [-0.3, -0.25) is 10.2 Å². The highest BCUT2D eigenvalue weighted by atomic mass is 32.2. The van der Waals surface area contributed by atoms with Gasteiger partial charge in [-0.25, -0.2) is 5.84 Å². The first kappa shape index (κ1) is 13.7. The number of rotatable bonds is 6. The van der Waals surface area contributed by atoms with E-state index in [4.69, 9.17) is 10.9 Å². The van der Waals surface area contributed by atoms with Crippen molar-refractivity contribution in [2.75, 3.05) is 12.4 Å². The minimum Gasteiger partial charge on any atom is -0.396 e. The Bertz CT molecular complexity index is 176. The number of thioether (sulfide) groups is 1. The number of carbonyl (C=O) groups excluding carboxylic acids is 1. The Balaban J connectivity index is 4.04. The summed E-state index contributed by atoms with van der Waals surface area (Å²) in [6, 6.07) is 0. The monoisotopic (exact) mass is 220 g/mol. The van der Waals surface area contributed by atoms with Gasteiger partial charge in [0.25, 0.3) is 0 Å². The highest BCUT2D eigenvalue weighted by molar-refractivity contribution is 8.00. The molecule has 2 atom stereocenters. The number of nitrogens with one attached hydrogen (secondary N) is 1. The molecule has 4 N–H and O–H groups in total. The molecule has 0 heterocycles. The van der Waals surface area contributed by atoms with Crippen molar-refractivity contribution in [3.63, 3.8) is 0 Å². The molecule has 2 unspecified atom stereocenters. The van der Waals surface area contributed by atoms with Crippen molar-refractivity contribution in [3.05, 3.63) is 0 Å². The lowest BCUT2D eigenvalue weighted by Gasteiger charge is -2.19. The molecule has 0 saturated heterocycles. The summed E-state index contributed by atoms with van der Waals surface area (Å²) >= 11 is 1.54. The second-order valence-corrected chi connectivity index (χ2v) is 4.97. The Morgan fingerprint density at radius 1 is 1.50 bits per heavy atom. The zero-order chi connectivity index (χ0) is 11.1. The molecule has 0 aromatic heterocycles. The topological polar surface area (TPSA) is 75.3 Å². The van der Waals surface area contributed by atoms with Gasteiger partial charge in [0.15, 0.2) is 0 Å². The third-order valence-corrected chi connectivity index (χ3v) is 3.76. The van der Waals surface area contributed by atoms with Crippen molar-refractivity contribution < 1.29 is 9.90 Å². The molecular formula is C9H20N2O2S. The maximum atomic E-state index is 11.3. The molecule has 0 saturated carbocycles. The SMILES string of the molecule is CC(CO)CSC(C(=O)NN)C(C)C. The van der Waals surface area contributed by atoms with Crippen LogP contribution in [0.1, 0.15) is 20.8 Å². The number of hydrogen-bond donors (Lipinski definition) is 3. The summed E-state index contributed by atoms with van der Waals surface area (Å²) in [6.45, 7) is 6.07. The normalized spacial score (nSPS) is 15.3. The molecule has 0 aromatic rings. The van der Waals surface area contributed by atoms with E-state index < -0.39 is 0 Å². The third-order valence-electron chi connectivity index (χ3n) is 1.88. The van der Waals surface area contributed by atoms with E-state index in [1.807, 2.05) is 20.8 Å². The lowest BCUT2D eigenvalue weighted by Crippen LogP contribution is -2.40. The molecule has 0 radical (unpaired) electrons. The van der Waals surface area contributed by atoms with Gasteiger partial charge in [0.1, 0.15) is 0 Å². The number of aliphatic hydroxyl groups is 1.